The summed E-state index contributed by atoms with van der Waals surface area (Å²) in [4.78, 5) is 20.4. The summed E-state index contributed by atoms with van der Waals surface area (Å²) in [7, 11) is -2.01. The number of anilines is 4. The molecule has 0 radical (unpaired) electrons. The van der Waals surface area contributed by atoms with Crippen molar-refractivity contribution in [2.45, 2.75) is 13.5 Å². The molecule has 36 heavy (non-hydrogen) atoms. The van der Waals surface area contributed by atoms with Crippen LogP contribution in [0.5, 0.6) is 0 Å². The Morgan fingerprint density at radius 1 is 1.06 bits per heavy atom. The molecule has 0 bridgehead atoms. The van der Waals surface area contributed by atoms with Crippen LogP contribution in [0.2, 0.25) is 0 Å². The minimum absolute atomic E-state index is 0.302. The summed E-state index contributed by atoms with van der Waals surface area (Å²) < 4.78 is 27.4. The number of nitrogens with zero attached hydrogens (tertiary/aromatic N) is 7. The van der Waals surface area contributed by atoms with Gasteiger partial charge in [-0.05, 0) is 37.3 Å². The quantitative estimate of drug-likeness (QED) is 0.387. The second kappa shape index (κ2) is 9.70. The fourth-order valence-corrected chi connectivity index (χ4v) is 4.60. The molecule has 1 saturated heterocycles. The summed E-state index contributed by atoms with van der Waals surface area (Å²) in [6, 6.07) is 10.2. The van der Waals surface area contributed by atoms with Gasteiger partial charge in [0.2, 0.25) is 16.0 Å². The molecule has 5 rings (SSSR count). The molecule has 1 aromatic carbocycles. The Hall–Kier alpha value is -3.77. The Labute approximate surface area is 210 Å². The number of aromatic nitrogens is 5. The van der Waals surface area contributed by atoms with Gasteiger partial charge in [-0.2, -0.15) is 4.98 Å². The highest BCUT2D eigenvalue weighted by Crippen LogP contribution is 2.24. The van der Waals surface area contributed by atoms with Gasteiger partial charge in [-0.3, -0.25) is 9.29 Å². The van der Waals surface area contributed by atoms with Gasteiger partial charge < -0.3 is 20.1 Å². The van der Waals surface area contributed by atoms with Gasteiger partial charge in [0.25, 0.3) is 0 Å². The van der Waals surface area contributed by atoms with E-state index in [9.17, 15) is 8.42 Å². The largest absolute Gasteiger partial charge is 0.369 e. The van der Waals surface area contributed by atoms with Gasteiger partial charge in [0, 0.05) is 68.6 Å². The van der Waals surface area contributed by atoms with E-state index in [0.717, 1.165) is 47.8 Å². The van der Waals surface area contributed by atoms with Crippen LogP contribution in [0.1, 0.15) is 11.4 Å². The first-order valence-electron chi connectivity index (χ1n) is 11.7. The van der Waals surface area contributed by atoms with Crippen molar-refractivity contribution < 1.29 is 8.42 Å². The lowest BCUT2D eigenvalue weighted by Gasteiger charge is -2.29. The van der Waals surface area contributed by atoms with Crippen LogP contribution in [0, 0.1) is 6.92 Å². The van der Waals surface area contributed by atoms with Crippen LogP contribution in [-0.4, -0.2) is 72.4 Å². The summed E-state index contributed by atoms with van der Waals surface area (Å²) in [6.07, 6.45) is 6.43. The van der Waals surface area contributed by atoms with Gasteiger partial charge in [0.15, 0.2) is 5.82 Å². The summed E-state index contributed by atoms with van der Waals surface area (Å²) in [5.41, 5.74) is 3.97. The number of hydrogen-bond donors (Lipinski definition) is 2. The zero-order chi connectivity index (χ0) is 25.3. The Morgan fingerprint density at radius 3 is 2.53 bits per heavy atom. The predicted molar refractivity (Wildman–Crippen MR) is 141 cm³/mol. The molecule has 4 heterocycles. The molecule has 3 aromatic heterocycles. The Kier molecular flexibility index (Phi) is 6.46. The number of aryl methyl sites for hydroxylation is 1. The average Bonchev–Trinajstić information content (AvgIpc) is 3.27. The van der Waals surface area contributed by atoms with Gasteiger partial charge in [0.05, 0.1) is 18.5 Å². The van der Waals surface area contributed by atoms with E-state index < -0.39 is 10.0 Å². The van der Waals surface area contributed by atoms with E-state index in [4.69, 9.17) is 4.98 Å². The minimum atomic E-state index is -3.49. The van der Waals surface area contributed by atoms with E-state index >= 15 is 0 Å². The molecular weight excluding hydrogens is 478 g/mol. The molecule has 1 fully saturated rings. The number of fused-ring (bicyclic) bond motifs is 1. The van der Waals surface area contributed by atoms with Gasteiger partial charge in [-0.15, -0.1) is 0 Å². The van der Waals surface area contributed by atoms with Crippen molar-refractivity contribution in [2.75, 3.05) is 54.0 Å². The van der Waals surface area contributed by atoms with Gasteiger partial charge in [0.1, 0.15) is 11.3 Å². The highest BCUT2D eigenvalue weighted by molar-refractivity contribution is 7.92. The van der Waals surface area contributed by atoms with Crippen molar-refractivity contribution >= 4 is 44.2 Å². The molecule has 0 spiro atoms. The number of rotatable bonds is 7. The second-order valence-electron chi connectivity index (χ2n) is 8.84. The van der Waals surface area contributed by atoms with Crippen LogP contribution in [0.15, 0.2) is 48.9 Å². The summed E-state index contributed by atoms with van der Waals surface area (Å²) in [6.45, 7) is 6.07. The summed E-state index contributed by atoms with van der Waals surface area (Å²) in [5, 5.41) is 7.52. The first kappa shape index (κ1) is 23.9. The van der Waals surface area contributed by atoms with Crippen LogP contribution in [0.4, 0.5) is 23.1 Å². The van der Waals surface area contributed by atoms with E-state index in [-0.39, 0.29) is 0 Å². The lowest BCUT2D eigenvalue weighted by molar-refractivity contribution is 0.589. The van der Waals surface area contributed by atoms with Crippen molar-refractivity contribution in [3.05, 3.63) is 60.3 Å². The molecule has 1 aliphatic heterocycles. The van der Waals surface area contributed by atoms with E-state index in [2.05, 4.69) is 42.6 Å². The lowest BCUT2D eigenvalue weighted by atomic mass is 10.2. The Balaban J connectivity index is 1.39. The third-order valence-corrected chi connectivity index (χ3v) is 7.34. The van der Waals surface area contributed by atoms with Crippen LogP contribution in [-0.2, 0) is 16.6 Å². The molecule has 2 N–H and O–H groups in total. The number of nitrogens with one attached hydrogen (secondary N) is 2. The van der Waals surface area contributed by atoms with E-state index in [1.54, 1.807) is 19.3 Å². The first-order chi connectivity index (χ1) is 17.3. The third kappa shape index (κ3) is 5.09. The molecule has 12 heteroatoms. The fraction of sp³-hybridized carbons (Fsp3) is 0.333. The second-order valence-corrected chi connectivity index (χ2v) is 10.9. The van der Waals surface area contributed by atoms with Gasteiger partial charge >= 0.3 is 0 Å². The normalized spacial score (nSPS) is 14.2. The molecule has 188 valence electrons. The number of piperazine rings is 1. The standard InChI is InChI=1S/C24H29N9O2S/c1-17-14-26-21(23(28-17)31(2)36(3,34)35)16-33-11-8-18-15-27-24(30-22(18)33)29-19-4-6-20(7-5-19)32-12-9-25-10-13-32/h4-8,11,14-15,25H,9-10,12-13,16H2,1-3H3,(H,27,29,30). The minimum Gasteiger partial charge on any atom is -0.369 e. The SMILES string of the molecule is Cc1cnc(Cn2ccc3cnc(Nc4ccc(N5CCNCC5)cc4)nc32)c(N(C)S(C)(=O)=O)n1. The molecule has 0 saturated carbocycles. The number of sulfonamides is 1. The van der Waals surface area contributed by atoms with Crippen LogP contribution >= 0.6 is 0 Å². The molecule has 1 aliphatic rings. The van der Waals surface area contributed by atoms with E-state index in [0.29, 0.717) is 35.3 Å². The molecule has 0 atom stereocenters. The zero-order valence-electron chi connectivity index (χ0n) is 20.5. The maximum Gasteiger partial charge on any atom is 0.233 e. The molecule has 4 aromatic rings. The molecule has 0 amide bonds. The van der Waals surface area contributed by atoms with Crippen LogP contribution < -0.4 is 19.8 Å². The maximum absolute atomic E-state index is 12.2. The zero-order valence-corrected chi connectivity index (χ0v) is 21.3. The van der Waals surface area contributed by atoms with Crippen LogP contribution in [0.3, 0.4) is 0 Å². The summed E-state index contributed by atoms with van der Waals surface area (Å²) in [5.74, 6) is 0.775. The lowest BCUT2D eigenvalue weighted by Crippen LogP contribution is -2.43. The highest BCUT2D eigenvalue weighted by atomic mass is 32.2. The summed E-state index contributed by atoms with van der Waals surface area (Å²) >= 11 is 0. The van der Waals surface area contributed by atoms with Crippen molar-refractivity contribution in [1.29, 1.82) is 0 Å². The van der Waals surface area contributed by atoms with Crippen molar-refractivity contribution in [3.63, 3.8) is 0 Å². The van der Waals surface area contributed by atoms with Crippen molar-refractivity contribution in [2.24, 2.45) is 0 Å². The van der Waals surface area contributed by atoms with Crippen molar-refractivity contribution in [1.82, 2.24) is 29.8 Å². The number of benzene rings is 1. The fourth-order valence-electron chi connectivity index (χ4n) is 4.14. The number of hydrogen-bond acceptors (Lipinski definition) is 9. The topological polar surface area (TPSA) is 121 Å². The van der Waals surface area contributed by atoms with Crippen LogP contribution in [0.25, 0.3) is 11.0 Å². The smallest absolute Gasteiger partial charge is 0.233 e. The monoisotopic (exact) mass is 507 g/mol. The predicted octanol–water partition coefficient (Wildman–Crippen LogP) is 2.13. The van der Waals surface area contributed by atoms with E-state index in [1.165, 1.54) is 12.7 Å². The molecule has 0 unspecified atom stereocenters. The molecular formula is C24H29N9O2S. The van der Waals surface area contributed by atoms with Gasteiger partial charge in [-0.25, -0.2) is 18.4 Å². The van der Waals surface area contributed by atoms with Crippen molar-refractivity contribution in [3.8, 4) is 0 Å². The Morgan fingerprint density at radius 2 is 1.81 bits per heavy atom. The maximum atomic E-state index is 12.2. The highest BCUT2D eigenvalue weighted by Gasteiger charge is 2.20. The van der Waals surface area contributed by atoms with Gasteiger partial charge in [-0.1, -0.05) is 0 Å². The third-order valence-electron chi connectivity index (χ3n) is 6.17. The Bertz CT molecular complexity index is 1480. The average molecular weight is 508 g/mol. The molecule has 11 nitrogen and oxygen atoms in total. The molecule has 0 aliphatic carbocycles. The first-order valence-corrected chi connectivity index (χ1v) is 13.5. The van der Waals surface area contributed by atoms with E-state index in [1.807, 2.05) is 29.0 Å².